The van der Waals surface area contributed by atoms with Crippen molar-refractivity contribution in [2.45, 2.75) is 0 Å². The van der Waals surface area contributed by atoms with Crippen molar-refractivity contribution >= 4 is 16.7 Å². The summed E-state index contributed by atoms with van der Waals surface area (Å²) in [7, 11) is 0. The Bertz CT molecular complexity index is 643. The Balaban J connectivity index is 2.99. The van der Waals surface area contributed by atoms with E-state index in [1.165, 1.54) is 0 Å². The molecule has 1 aromatic heterocycles. The van der Waals surface area contributed by atoms with E-state index in [1.807, 2.05) is 0 Å². The first-order chi connectivity index (χ1) is 7.50. The highest BCUT2D eigenvalue weighted by molar-refractivity contribution is 6.03. The van der Waals surface area contributed by atoms with E-state index in [0.717, 1.165) is 18.3 Å². The van der Waals surface area contributed by atoms with Gasteiger partial charge < -0.3 is 20.3 Å². The van der Waals surface area contributed by atoms with Crippen molar-refractivity contribution in [3.05, 3.63) is 34.2 Å². The second-order valence-corrected chi connectivity index (χ2v) is 3.22. The molecule has 0 atom stereocenters. The zero-order chi connectivity index (χ0) is 11.9. The van der Waals surface area contributed by atoms with Crippen LogP contribution in [-0.4, -0.2) is 26.3 Å². The summed E-state index contributed by atoms with van der Waals surface area (Å²) in [6, 6.07) is 2.07. The molecule has 82 valence electrons. The van der Waals surface area contributed by atoms with Crippen LogP contribution < -0.4 is 5.56 Å². The minimum Gasteiger partial charge on any atom is -0.504 e. The van der Waals surface area contributed by atoms with Gasteiger partial charge in [0, 0.05) is 11.6 Å². The topological polar surface area (TPSA) is 111 Å². The summed E-state index contributed by atoms with van der Waals surface area (Å²) in [4.78, 5) is 24.5. The maximum absolute atomic E-state index is 11.4. The van der Waals surface area contributed by atoms with Gasteiger partial charge in [-0.05, 0) is 12.1 Å². The van der Waals surface area contributed by atoms with Crippen LogP contribution in [0, 0.1) is 0 Å². The summed E-state index contributed by atoms with van der Waals surface area (Å²) in [6.45, 7) is 0. The number of hydrogen-bond acceptors (Lipinski definition) is 4. The van der Waals surface area contributed by atoms with Crippen LogP contribution in [0.5, 0.6) is 11.5 Å². The summed E-state index contributed by atoms with van der Waals surface area (Å²) in [6.07, 6.45) is 1.05. The van der Waals surface area contributed by atoms with Crippen LogP contribution in [0.25, 0.3) is 10.8 Å². The fourth-order valence-corrected chi connectivity index (χ4v) is 1.46. The molecule has 0 unspecified atom stereocenters. The van der Waals surface area contributed by atoms with Crippen molar-refractivity contribution in [3.63, 3.8) is 0 Å². The maximum atomic E-state index is 11.4. The van der Waals surface area contributed by atoms with Crippen molar-refractivity contribution in [2.24, 2.45) is 0 Å². The molecule has 16 heavy (non-hydrogen) atoms. The first-order valence-electron chi connectivity index (χ1n) is 4.31. The van der Waals surface area contributed by atoms with E-state index in [2.05, 4.69) is 4.98 Å². The largest absolute Gasteiger partial charge is 0.504 e. The molecule has 0 aliphatic rings. The lowest BCUT2D eigenvalue weighted by molar-refractivity contribution is 0.0698. The van der Waals surface area contributed by atoms with E-state index in [4.69, 9.17) is 5.11 Å². The highest BCUT2D eigenvalue weighted by Gasteiger charge is 2.13. The summed E-state index contributed by atoms with van der Waals surface area (Å²) >= 11 is 0. The van der Waals surface area contributed by atoms with Crippen molar-refractivity contribution < 1.29 is 20.1 Å². The summed E-state index contributed by atoms with van der Waals surface area (Å²) in [5.41, 5.74) is -0.680. The number of nitrogens with one attached hydrogen (secondary N) is 1. The molecule has 4 N–H and O–H groups in total. The number of carboxylic acids is 1. The number of benzene rings is 1. The smallest absolute Gasteiger partial charge is 0.337 e. The molecule has 0 spiro atoms. The minimum absolute atomic E-state index is 0.00944. The fourth-order valence-electron chi connectivity index (χ4n) is 1.46. The molecule has 0 bridgehead atoms. The number of rotatable bonds is 1. The second-order valence-electron chi connectivity index (χ2n) is 3.22. The number of aromatic hydroxyl groups is 2. The van der Waals surface area contributed by atoms with Gasteiger partial charge >= 0.3 is 5.97 Å². The Morgan fingerprint density at radius 2 is 1.69 bits per heavy atom. The zero-order valence-electron chi connectivity index (χ0n) is 7.89. The molecule has 0 amide bonds. The Hall–Kier alpha value is -2.50. The van der Waals surface area contributed by atoms with Gasteiger partial charge in [-0.25, -0.2) is 4.79 Å². The molecule has 0 saturated carbocycles. The van der Waals surface area contributed by atoms with Crippen LogP contribution in [0.3, 0.4) is 0 Å². The molecule has 0 saturated heterocycles. The molecule has 2 rings (SSSR count). The number of carbonyl (C=O) groups is 1. The lowest BCUT2D eigenvalue weighted by Gasteiger charge is -2.03. The molecule has 6 nitrogen and oxygen atoms in total. The monoisotopic (exact) mass is 221 g/mol. The molecule has 6 heteroatoms. The van der Waals surface area contributed by atoms with Gasteiger partial charge in [0.2, 0.25) is 0 Å². The molecular formula is C10H7NO5. The lowest BCUT2D eigenvalue weighted by Crippen LogP contribution is -2.09. The molecule has 1 heterocycles. The van der Waals surface area contributed by atoms with Crippen molar-refractivity contribution in [3.8, 4) is 11.5 Å². The standard InChI is InChI=1S/C10H7NO5/c12-7-1-4-5(2-8(7)13)9(14)11-3-6(4)10(15)16/h1-3,12-13H,(H,11,14)(H,15,16). The highest BCUT2D eigenvalue weighted by atomic mass is 16.4. The molecule has 0 aliphatic heterocycles. The molecular weight excluding hydrogens is 214 g/mol. The van der Waals surface area contributed by atoms with E-state index in [-0.39, 0.29) is 16.3 Å². The van der Waals surface area contributed by atoms with Gasteiger partial charge in [0.25, 0.3) is 5.56 Å². The number of fused-ring (bicyclic) bond motifs is 1. The molecule has 0 fully saturated rings. The Morgan fingerprint density at radius 3 is 2.25 bits per heavy atom. The van der Waals surface area contributed by atoms with Gasteiger partial charge in [-0.15, -0.1) is 0 Å². The van der Waals surface area contributed by atoms with Crippen LogP contribution in [0.1, 0.15) is 10.4 Å². The van der Waals surface area contributed by atoms with Gasteiger partial charge in [0.05, 0.1) is 10.9 Å². The van der Waals surface area contributed by atoms with Crippen molar-refractivity contribution in [1.29, 1.82) is 0 Å². The third-order valence-electron chi connectivity index (χ3n) is 2.23. The zero-order valence-corrected chi connectivity index (χ0v) is 7.89. The number of phenols is 2. The van der Waals surface area contributed by atoms with Crippen LogP contribution >= 0.6 is 0 Å². The Morgan fingerprint density at radius 1 is 1.12 bits per heavy atom. The highest BCUT2D eigenvalue weighted by Crippen LogP contribution is 2.29. The quantitative estimate of drug-likeness (QED) is 0.528. The van der Waals surface area contributed by atoms with E-state index < -0.39 is 23.0 Å². The summed E-state index contributed by atoms with van der Waals surface area (Å²) in [5, 5.41) is 27.4. The van der Waals surface area contributed by atoms with Crippen molar-refractivity contribution in [2.75, 3.05) is 0 Å². The van der Waals surface area contributed by atoms with E-state index in [9.17, 15) is 19.8 Å². The number of aromatic nitrogens is 1. The number of aromatic carboxylic acids is 1. The number of H-pyrrole nitrogens is 1. The first-order valence-corrected chi connectivity index (χ1v) is 4.31. The van der Waals surface area contributed by atoms with Crippen LogP contribution in [0.2, 0.25) is 0 Å². The Labute approximate surface area is 88.4 Å². The predicted octanol–water partition coefficient (Wildman–Crippen LogP) is 0.637. The summed E-state index contributed by atoms with van der Waals surface area (Å²) < 4.78 is 0. The molecule has 2 aromatic rings. The third-order valence-corrected chi connectivity index (χ3v) is 2.23. The first kappa shape index (κ1) is 10.0. The second kappa shape index (κ2) is 3.27. The average Bonchev–Trinajstić information content (AvgIpc) is 2.21. The molecule has 0 aliphatic carbocycles. The summed E-state index contributed by atoms with van der Waals surface area (Å²) in [5.74, 6) is -2.17. The third kappa shape index (κ3) is 1.36. The van der Waals surface area contributed by atoms with E-state index in [0.29, 0.717) is 0 Å². The fraction of sp³-hybridized carbons (Fsp3) is 0. The van der Waals surface area contributed by atoms with Gasteiger partial charge in [-0.1, -0.05) is 0 Å². The molecule has 1 aromatic carbocycles. The Kier molecular flexibility index (Phi) is 2.05. The van der Waals surface area contributed by atoms with Gasteiger partial charge in [-0.3, -0.25) is 4.79 Å². The number of aromatic amines is 1. The maximum Gasteiger partial charge on any atom is 0.337 e. The molecule has 0 radical (unpaired) electrons. The average molecular weight is 221 g/mol. The number of hydrogen-bond donors (Lipinski definition) is 4. The van der Waals surface area contributed by atoms with E-state index in [1.54, 1.807) is 0 Å². The van der Waals surface area contributed by atoms with Crippen LogP contribution in [0.15, 0.2) is 23.1 Å². The van der Waals surface area contributed by atoms with Gasteiger partial charge in [-0.2, -0.15) is 0 Å². The minimum atomic E-state index is -1.23. The van der Waals surface area contributed by atoms with E-state index >= 15 is 0 Å². The number of pyridine rings is 1. The normalized spacial score (nSPS) is 10.5. The number of phenolic OH excluding ortho intramolecular Hbond substituents is 2. The van der Waals surface area contributed by atoms with Crippen LogP contribution in [0.4, 0.5) is 0 Å². The van der Waals surface area contributed by atoms with Gasteiger partial charge in [0.1, 0.15) is 0 Å². The lowest BCUT2D eigenvalue weighted by atomic mass is 10.1. The van der Waals surface area contributed by atoms with Crippen molar-refractivity contribution in [1.82, 2.24) is 4.98 Å². The SMILES string of the molecule is O=C(O)c1c[nH]c(=O)c2cc(O)c(O)cc12. The van der Waals surface area contributed by atoms with Gasteiger partial charge in [0.15, 0.2) is 11.5 Å². The van der Waals surface area contributed by atoms with Crippen LogP contribution in [-0.2, 0) is 0 Å². The predicted molar refractivity (Wildman–Crippen MR) is 54.9 cm³/mol. The number of carboxylic acid groups (broad SMARTS) is 1.